The van der Waals surface area contributed by atoms with Crippen molar-refractivity contribution in [2.24, 2.45) is 4.99 Å². The Bertz CT molecular complexity index is 857. The lowest BCUT2D eigenvalue weighted by Crippen LogP contribution is -2.50. The highest BCUT2D eigenvalue weighted by molar-refractivity contribution is 5.97. The molecule has 1 N–H and O–H groups in total. The Morgan fingerprint density at radius 2 is 2.03 bits per heavy atom. The molecular weight excluding hydrogens is 376 g/mol. The summed E-state index contributed by atoms with van der Waals surface area (Å²) in [6, 6.07) is 4.77. The van der Waals surface area contributed by atoms with Crippen molar-refractivity contribution in [3.8, 4) is 5.75 Å². The molecule has 5 rings (SSSR count). The summed E-state index contributed by atoms with van der Waals surface area (Å²) < 4.78 is 5.56. The quantitative estimate of drug-likeness (QED) is 0.823. The van der Waals surface area contributed by atoms with Crippen LogP contribution >= 0.6 is 0 Å². The molecule has 0 amide bonds. The van der Waals surface area contributed by atoms with Gasteiger partial charge in [0.25, 0.3) is 0 Å². The van der Waals surface area contributed by atoms with Crippen molar-refractivity contribution in [1.82, 2.24) is 25.0 Å². The molecule has 4 aliphatic heterocycles. The second kappa shape index (κ2) is 8.40. The minimum Gasteiger partial charge on any atom is -0.495 e. The Morgan fingerprint density at radius 1 is 1.17 bits per heavy atom. The number of piperazine rings is 1. The molecule has 1 unspecified atom stereocenters. The Kier molecular flexibility index (Phi) is 5.48. The number of likely N-dealkylation sites (N-methyl/N-ethyl adjacent to an activating group) is 1. The normalized spacial score (nSPS) is 29.5. The van der Waals surface area contributed by atoms with Crippen LogP contribution in [0.15, 0.2) is 47.4 Å². The zero-order valence-electron chi connectivity index (χ0n) is 18.0. The van der Waals surface area contributed by atoms with Gasteiger partial charge in [-0.3, -0.25) is 9.98 Å². The van der Waals surface area contributed by atoms with Gasteiger partial charge in [-0.05, 0) is 50.6 Å². The van der Waals surface area contributed by atoms with Gasteiger partial charge in [0.1, 0.15) is 17.4 Å². The van der Waals surface area contributed by atoms with E-state index in [4.69, 9.17) is 9.73 Å². The third-order valence-electron chi connectivity index (χ3n) is 6.78. The maximum Gasteiger partial charge on any atom is 0.141 e. The van der Waals surface area contributed by atoms with Gasteiger partial charge < -0.3 is 24.8 Å². The van der Waals surface area contributed by atoms with E-state index in [1.54, 1.807) is 7.11 Å². The lowest BCUT2D eigenvalue weighted by Gasteiger charge is -2.40. The first-order valence-electron chi connectivity index (χ1n) is 11.1. The summed E-state index contributed by atoms with van der Waals surface area (Å²) in [6.45, 7) is 5.33. The number of fused-ring (bicyclic) bond motifs is 1. The summed E-state index contributed by atoms with van der Waals surface area (Å²) in [5, 5.41) is 3.86. The van der Waals surface area contributed by atoms with Crippen LogP contribution in [-0.2, 0) is 0 Å². The molecule has 0 radical (unpaired) electrons. The van der Waals surface area contributed by atoms with E-state index >= 15 is 0 Å². The molecule has 0 aromatic carbocycles. The number of allylic oxidation sites excluding steroid dienone is 2. The number of aromatic nitrogens is 1. The number of nitrogens with zero attached hydrogens (tertiary/aromatic N) is 5. The van der Waals surface area contributed by atoms with Crippen molar-refractivity contribution in [2.75, 3.05) is 46.9 Å². The third-order valence-corrected chi connectivity index (χ3v) is 6.78. The van der Waals surface area contributed by atoms with E-state index in [9.17, 15) is 0 Å². The minimum atomic E-state index is 0.223. The fourth-order valence-corrected chi connectivity index (χ4v) is 5.07. The molecule has 7 nitrogen and oxygen atoms in total. The lowest BCUT2D eigenvalue weighted by atomic mass is 9.92. The molecular formula is C23H32N6O. The average molecular weight is 409 g/mol. The van der Waals surface area contributed by atoms with Gasteiger partial charge in [-0.25, -0.2) is 0 Å². The SMILES string of the molecule is COc1cccnc1[C@@H]1CCC[C@H](C2CN3C(N4CCN(C)CC4)=CC=CC3=N2)N1. The molecule has 0 bridgehead atoms. The molecule has 1 aromatic rings. The van der Waals surface area contributed by atoms with E-state index in [2.05, 4.69) is 50.3 Å². The van der Waals surface area contributed by atoms with Gasteiger partial charge in [0.05, 0.1) is 24.9 Å². The first-order valence-corrected chi connectivity index (χ1v) is 11.1. The highest BCUT2D eigenvalue weighted by Gasteiger charge is 2.37. The van der Waals surface area contributed by atoms with Crippen molar-refractivity contribution in [3.63, 3.8) is 0 Å². The summed E-state index contributed by atoms with van der Waals surface area (Å²) >= 11 is 0. The maximum absolute atomic E-state index is 5.56. The molecule has 3 atom stereocenters. The molecule has 0 spiro atoms. The van der Waals surface area contributed by atoms with Crippen LogP contribution in [0.5, 0.6) is 5.75 Å². The van der Waals surface area contributed by atoms with Gasteiger partial charge in [0.2, 0.25) is 0 Å². The average Bonchev–Trinajstić information content (AvgIpc) is 3.24. The molecule has 0 aliphatic carbocycles. The van der Waals surface area contributed by atoms with Gasteiger partial charge in [-0.2, -0.15) is 0 Å². The van der Waals surface area contributed by atoms with Crippen molar-refractivity contribution in [1.29, 1.82) is 0 Å². The van der Waals surface area contributed by atoms with Crippen molar-refractivity contribution in [3.05, 3.63) is 48.1 Å². The second-order valence-electron chi connectivity index (χ2n) is 8.69. The number of rotatable bonds is 4. The number of methoxy groups -OCH3 is 1. The minimum absolute atomic E-state index is 0.223. The number of nitrogens with one attached hydrogen (secondary N) is 1. The van der Waals surface area contributed by atoms with E-state index < -0.39 is 0 Å². The summed E-state index contributed by atoms with van der Waals surface area (Å²) in [5.74, 6) is 3.29. The molecule has 5 heterocycles. The highest BCUT2D eigenvalue weighted by Crippen LogP contribution is 2.33. The number of hydrogen-bond acceptors (Lipinski definition) is 7. The van der Waals surface area contributed by atoms with Crippen LogP contribution in [0.25, 0.3) is 0 Å². The number of ether oxygens (including phenoxy) is 1. The van der Waals surface area contributed by atoms with Gasteiger partial charge in [0, 0.05) is 45.0 Å². The van der Waals surface area contributed by atoms with Crippen molar-refractivity contribution < 1.29 is 4.74 Å². The topological polar surface area (TPSA) is 56.2 Å². The van der Waals surface area contributed by atoms with Crippen LogP contribution in [0, 0.1) is 0 Å². The molecule has 1 aromatic heterocycles. The molecule has 2 fully saturated rings. The van der Waals surface area contributed by atoms with Crippen LogP contribution in [0.3, 0.4) is 0 Å². The van der Waals surface area contributed by atoms with E-state index in [1.807, 2.05) is 18.3 Å². The molecule has 0 saturated carbocycles. The summed E-state index contributed by atoms with van der Waals surface area (Å²) in [7, 11) is 3.92. The number of hydrogen-bond donors (Lipinski definition) is 1. The van der Waals surface area contributed by atoms with Crippen LogP contribution in [0.4, 0.5) is 0 Å². The first-order chi connectivity index (χ1) is 14.7. The largest absolute Gasteiger partial charge is 0.495 e. The van der Waals surface area contributed by atoms with Crippen molar-refractivity contribution in [2.45, 2.75) is 37.4 Å². The van der Waals surface area contributed by atoms with Gasteiger partial charge in [-0.15, -0.1) is 0 Å². The van der Waals surface area contributed by atoms with Crippen molar-refractivity contribution >= 4 is 5.84 Å². The highest BCUT2D eigenvalue weighted by atomic mass is 16.5. The monoisotopic (exact) mass is 408 g/mol. The van der Waals surface area contributed by atoms with E-state index in [-0.39, 0.29) is 12.1 Å². The number of pyridine rings is 1. The standard InChI is InChI=1S/C23H32N6O/c1-27-12-14-28(15-13-27)22-10-4-9-21-26-19(16-29(21)22)17-6-3-7-18(25-17)23-20(30-2)8-5-11-24-23/h4-5,8-11,17-19,25H,3,6-7,12-16H2,1-2H3/t17-,18+,19?/m1/s1. The van der Waals surface area contributed by atoms with Gasteiger partial charge >= 0.3 is 0 Å². The smallest absolute Gasteiger partial charge is 0.141 e. The van der Waals surface area contributed by atoms with E-state index in [1.165, 1.54) is 12.2 Å². The Morgan fingerprint density at radius 3 is 2.87 bits per heavy atom. The van der Waals surface area contributed by atoms with Crippen LogP contribution in [0.1, 0.15) is 31.0 Å². The van der Waals surface area contributed by atoms with Crippen LogP contribution < -0.4 is 10.1 Å². The predicted molar refractivity (Wildman–Crippen MR) is 119 cm³/mol. The zero-order valence-corrected chi connectivity index (χ0v) is 18.0. The number of piperidine rings is 1. The third kappa shape index (κ3) is 3.72. The molecule has 4 aliphatic rings. The van der Waals surface area contributed by atoms with Gasteiger partial charge in [-0.1, -0.05) is 6.08 Å². The maximum atomic E-state index is 5.56. The summed E-state index contributed by atoms with van der Waals surface area (Å²) in [4.78, 5) is 17.1. The Balaban J connectivity index is 1.29. The molecule has 160 valence electrons. The zero-order chi connectivity index (χ0) is 20.5. The summed E-state index contributed by atoms with van der Waals surface area (Å²) in [5.41, 5.74) is 1.02. The Hall–Kier alpha value is -2.38. The summed E-state index contributed by atoms with van der Waals surface area (Å²) in [6.07, 6.45) is 11.8. The van der Waals surface area contributed by atoms with Crippen LogP contribution in [-0.4, -0.2) is 84.5 Å². The molecule has 7 heteroatoms. The lowest BCUT2D eigenvalue weighted by molar-refractivity contribution is 0.158. The number of aliphatic imine (C=N–C) groups is 1. The number of amidine groups is 1. The van der Waals surface area contributed by atoms with E-state index in [0.717, 1.165) is 62.8 Å². The molecule has 30 heavy (non-hydrogen) atoms. The fourth-order valence-electron chi connectivity index (χ4n) is 5.07. The first kappa shape index (κ1) is 19.6. The second-order valence-corrected chi connectivity index (χ2v) is 8.69. The van der Waals surface area contributed by atoms with E-state index in [0.29, 0.717) is 6.04 Å². The molecule has 2 saturated heterocycles. The Labute approximate surface area is 179 Å². The fraction of sp³-hybridized carbons (Fsp3) is 0.565. The predicted octanol–water partition coefficient (Wildman–Crippen LogP) is 2.01. The van der Waals surface area contributed by atoms with Gasteiger partial charge in [0.15, 0.2) is 0 Å². The van der Waals surface area contributed by atoms with Crippen LogP contribution in [0.2, 0.25) is 0 Å².